The molecule has 11 aromatic rings. The van der Waals surface area contributed by atoms with Gasteiger partial charge >= 0.3 is 0 Å². The molecule has 7 aromatic carbocycles. The third kappa shape index (κ3) is 5.31. The maximum absolute atomic E-state index is 5.59. The standard InChI is InChI=1S/C52H39N5/c1-52(2,3)36-25-28-41-40-27-24-35(31-46(40)57(47(41)32-36)48-22-10-11-29-53-48)38-18-13-21-45-50(38)55-51(56(45)37-16-8-5-9-17-37)43-20-12-19-42-39-26-23-34(30-44(39)54-49(42)43)33-14-6-4-7-15-33/h4-32,54H,1-3H3. The van der Waals surface area contributed by atoms with Gasteiger partial charge in [0, 0.05) is 50.1 Å². The van der Waals surface area contributed by atoms with Crippen molar-refractivity contribution in [2.24, 2.45) is 0 Å². The minimum atomic E-state index is 0.0119. The number of pyridine rings is 1. The van der Waals surface area contributed by atoms with E-state index in [1.54, 1.807) is 0 Å². The molecular formula is C52H39N5. The number of H-pyrrole nitrogens is 1. The summed E-state index contributed by atoms with van der Waals surface area (Å²) in [5, 5.41) is 4.78. The largest absolute Gasteiger partial charge is 0.354 e. The van der Waals surface area contributed by atoms with Crippen LogP contribution in [0.2, 0.25) is 0 Å². The third-order valence-electron chi connectivity index (χ3n) is 11.5. The summed E-state index contributed by atoms with van der Waals surface area (Å²) >= 11 is 0. The van der Waals surface area contributed by atoms with Crippen LogP contribution in [0.4, 0.5) is 0 Å². The Morgan fingerprint density at radius 1 is 0.491 bits per heavy atom. The van der Waals surface area contributed by atoms with Crippen molar-refractivity contribution in [3.8, 4) is 45.1 Å². The fourth-order valence-electron chi connectivity index (χ4n) is 8.66. The Morgan fingerprint density at radius 3 is 1.98 bits per heavy atom. The van der Waals surface area contributed by atoms with Crippen molar-refractivity contribution >= 4 is 54.6 Å². The molecule has 4 heterocycles. The molecule has 5 nitrogen and oxygen atoms in total. The molecule has 272 valence electrons. The molecule has 0 saturated heterocycles. The van der Waals surface area contributed by atoms with Gasteiger partial charge in [-0.2, -0.15) is 0 Å². The quantitative estimate of drug-likeness (QED) is 0.191. The van der Waals surface area contributed by atoms with Crippen LogP contribution in [-0.4, -0.2) is 24.1 Å². The average Bonchev–Trinajstić information content (AvgIpc) is 3.93. The molecule has 4 aromatic heterocycles. The summed E-state index contributed by atoms with van der Waals surface area (Å²) in [4.78, 5) is 14.3. The fraction of sp³-hybridized carbons (Fsp3) is 0.0769. The van der Waals surface area contributed by atoms with E-state index in [2.05, 4.69) is 199 Å². The van der Waals surface area contributed by atoms with Gasteiger partial charge < -0.3 is 4.98 Å². The number of para-hydroxylation sites is 3. The van der Waals surface area contributed by atoms with E-state index in [1.807, 2.05) is 12.3 Å². The Hall–Kier alpha value is -7.24. The fourth-order valence-corrected chi connectivity index (χ4v) is 8.66. The van der Waals surface area contributed by atoms with Crippen molar-refractivity contribution < 1.29 is 0 Å². The predicted octanol–water partition coefficient (Wildman–Crippen LogP) is 13.5. The zero-order valence-electron chi connectivity index (χ0n) is 32.0. The van der Waals surface area contributed by atoms with Gasteiger partial charge in [-0.25, -0.2) is 9.97 Å². The minimum Gasteiger partial charge on any atom is -0.354 e. The second-order valence-corrected chi connectivity index (χ2v) is 16.0. The molecule has 0 aliphatic rings. The van der Waals surface area contributed by atoms with Crippen LogP contribution in [0.1, 0.15) is 26.3 Å². The smallest absolute Gasteiger partial charge is 0.147 e. The SMILES string of the molecule is CC(C)(C)c1ccc2c3ccc(-c4cccc5c4nc(-c4cccc6c4[nH]c4cc(-c7ccccc7)ccc46)n5-c4ccccc4)cc3n(-c3ccccn3)c2c1. The maximum atomic E-state index is 5.59. The molecule has 0 amide bonds. The average molecular weight is 734 g/mol. The van der Waals surface area contributed by atoms with E-state index in [1.165, 1.54) is 38.2 Å². The highest BCUT2D eigenvalue weighted by molar-refractivity contribution is 6.13. The van der Waals surface area contributed by atoms with E-state index in [9.17, 15) is 0 Å². The molecule has 57 heavy (non-hydrogen) atoms. The zero-order valence-corrected chi connectivity index (χ0v) is 32.0. The highest BCUT2D eigenvalue weighted by Crippen LogP contribution is 2.41. The van der Waals surface area contributed by atoms with Crippen molar-refractivity contribution in [1.82, 2.24) is 24.1 Å². The molecule has 0 aliphatic heterocycles. The number of fused-ring (bicyclic) bond motifs is 7. The van der Waals surface area contributed by atoms with Crippen LogP contribution < -0.4 is 0 Å². The van der Waals surface area contributed by atoms with Gasteiger partial charge in [-0.05, 0) is 82.3 Å². The Labute approximate surface area is 330 Å². The van der Waals surface area contributed by atoms with Gasteiger partial charge in [-0.3, -0.25) is 9.13 Å². The first-order valence-corrected chi connectivity index (χ1v) is 19.6. The lowest BCUT2D eigenvalue weighted by molar-refractivity contribution is 0.591. The zero-order chi connectivity index (χ0) is 38.3. The minimum absolute atomic E-state index is 0.0119. The van der Waals surface area contributed by atoms with E-state index in [0.29, 0.717) is 0 Å². The Kier molecular flexibility index (Phi) is 7.35. The maximum Gasteiger partial charge on any atom is 0.147 e. The Balaban J connectivity index is 1.15. The molecule has 0 atom stereocenters. The van der Waals surface area contributed by atoms with Gasteiger partial charge in [0.1, 0.15) is 11.6 Å². The third-order valence-corrected chi connectivity index (χ3v) is 11.5. The molecular weight excluding hydrogens is 695 g/mol. The molecule has 0 radical (unpaired) electrons. The number of nitrogens with one attached hydrogen (secondary N) is 1. The normalized spacial score (nSPS) is 12.1. The number of benzene rings is 7. The number of rotatable bonds is 5. The second-order valence-electron chi connectivity index (χ2n) is 16.0. The molecule has 1 N–H and O–H groups in total. The van der Waals surface area contributed by atoms with Crippen molar-refractivity contribution in [2.75, 3.05) is 0 Å². The lowest BCUT2D eigenvalue weighted by Crippen LogP contribution is -2.10. The van der Waals surface area contributed by atoms with Gasteiger partial charge in [0.25, 0.3) is 0 Å². The number of imidazole rings is 1. The Bertz CT molecular complexity index is 3310. The van der Waals surface area contributed by atoms with E-state index in [4.69, 9.17) is 9.97 Å². The monoisotopic (exact) mass is 733 g/mol. The van der Waals surface area contributed by atoms with Crippen LogP contribution in [0.25, 0.3) is 99.8 Å². The number of hydrogen-bond donors (Lipinski definition) is 1. The first kappa shape index (κ1) is 33.1. The van der Waals surface area contributed by atoms with E-state index in [-0.39, 0.29) is 5.41 Å². The van der Waals surface area contributed by atoms with Crippen LogP contribution >= 0.6 is 0 Å². The molecule has 0 saturated carbocycles. The van der Waals surface area contributed by atoms with Gasteiger partial charge in [-0.1, -0.05) is 136 Å². The number of aromatic amines is 1. The molecule has 0 unspecified atom stereocenters. The lowest BCUT2D eigenvalue weighted by atomic mass is 9.86. The first-order chi connectivity index (χ1) is 27.9. The summed E-state index contributed by atoms with van der Waals surface area (Å²) in [5.74, 6) is 1.79. The van der Waals surface area contributed by atoms with Crippen molar-refractivity contribution in [1.29, 1.82) is 0 Å². The molecule has 0 aliphatic carbocycles. The number of hydrogen-bond acceptors (Lipinski definition) is 2. The van der Waals surface area contributed by atoms with E-state index < -0.39 is 0 Å². The molecule has 11 rings (SSSR count). The van der Waals surface area contributed by atoms with Crippen LogP contribution in [0.15, 0.2) is 176 Å². The van der Waals surface area contributed by atoms with Crippen LogP contribution in [0.5, 0.6) is 0 Å². The molecule has 0 bridgehead atoms. The van der Waals surface area contributed by atoms with E-state index >= 15 is 0 Å². The molecule has 0 fully saturated rings. The van der Waals surface area contributed by atoms with Crippen molar-refractivity contribution in [3.05, 3.63) is 182 Å². The lowest BCUT2D eigenvalue weighted by Gasteiger charge is -2.19. The Morgan fingerprint density at radius 2 is 1.19 bits per heavy atom. The second kappa shape index (κ2) is 12.7. The molecule has 5 heteroatoms. The summed E-state index contributed by atoms with van der Waals surface area (Å²) in [6, 6.07) is 60.8. The summed E-state index contributed by atoms with van der Waals surface area (Å²) in [6.07, 6.45) is 1.87. The molecule has 0 spiro atoms. The topological polar surface area (TPSA) is 51.4 Å². The summed E-state index contributed by atoms with van der Waals surface area (Å²) in [6.45, 7) is 6.80. The van der Waals surface area contributed by atoms with Gasteiger partial charge in [0.05, 0.1) is 27.6 Å². The highest BCUT2D eigenvalue weighted by atomic mass is 15.1. The highest BCUT2D eigenvalue weighted by Gasteiger charge is 2.23. The van der Waals surface area contributed by atoms with Crippen LogP contribution in [0, 0.1) is 0 Å². The van der Waals surface area contributed by atoms with Gasteiger partial charge in [0.15, 0.2) is 0 Å². The van der Waals surface area contributed by atoms with E-state index in [0.717, 1.165) is 67.1 Å². The van der Waals surface area contributed by atoms with Crippen LogP contribution in [-0.2, 0) is 5.41 Å². The predicted molar refractivity (Wildman–Crippen MR) is 238 cm³/mol. The first-order valence-electron chi connectivity index (χ1n) is 19.6. The van der Waals surface area contributed by atoms with Crippen molar-refractivity contribution in [2.45, 2.75) is 26.2 Å². The van der Waals surface area contributed by atoms with Gasteiger partial charge in [-0.15, -0.1) is 0 Å². The van der Waals surface area contributed by atoms with Crippen molar-refractivity contribution in [3.63, 3.8) is 0 Å². The van der Waals surface area contributed by atoms with Crippen LogP contribution in [0.3, 0.4) is 0 Å². The summed E-state index contributed by atoms with van der Waals surface area (Å²) in [7, 11) is 0. The summed E-state index contributed by atoms with van der Waals surface area (Å²) in [5.41, 5.74) is 14.4. The van der Waals surface area contributed by atoms with Gasteiger partial charge in [0.2, 0.25) is 0 Å². The number of aromatic nitrogens is 5. The summed E-state index contributed by atoms with van der Waals surface area (Å²) < 4.78 is 4.63. The number of nitrogens with zero attached hydrogens (tertiary/aromatic N) is 4.